The predicted molar refractivity (Wildman–Crippen MR) is 78.3 cm³/mol. The highest BCUT2D eigenvalue weighted by atomic mass is 32.1. The number of aromatic nitrogens is 2. The second kappa shape index (κ2) is 5.16. The van der Waals surface area contributed by atoms with E-state index >= 15 is 0 Å². The molecule has 0 spiro atoms. The van der Waals surface area contributed by atoms with Crippen molar-refractivity contribution < 1.29 is 4.79 Å². The number of hydrogen-bond donors (Lipinski definition) is 2. The Hall–Kier alpha value is -1.63. The molecule has 1 aromatic rings. The molecule has 19 heavy (non-hydrogen) atoms. The lowest BCUT2D eigenvalue weighted by Gasteiger charge is -2.26. The minimum Gasteiger partial charge on any atom is -0.389 e. The van der Waals surface area contributed by atoms with Crippen LogP contribution in [0, 0.1) is 6.92 Å². The summed E-state index contributed by atoms with van der Waals surface area (Å²) in [5, 5.41) is 7.08. The largest absolute Gasteiger partial charge is 0.389 e. The second-order valence-corrected chi connectivity index (χ2v) is 5.18. The Morgan fingerprint density at radius 2 is 2.26 bits per heavy atom. The Bertz CT molecular complexity index is 524. The molecule has 1 fully saturated rings. The van der Waals surface area contributed by atoms with Gasteiger partial charge >= 0.3 is 0 Å². The second-order valence-electron chi connectivity index (χ2n) is 4.74. The van der Waals surface area contributed by atoms with Crippen LogP contribution in [0.25, 0.3) is 0 Å². The molecule has 1 amide bonds. The lowest BCUT2D eigenvalue weighted by molar-refractivity contribution is -0.121. The summed E-state index contributed by atoms with van der Waals surface area (Å²) in [6, 6.07) is -0.173. The van der Waals surface area contributed by atoms with Gasteiger partial charge < -0.3 is 16.0 Å². The molecule has 7 heteroatoms. The van der Waals surface area contributed by atoms with Gasteiger partial charge in [0.1, 0.15) is 16.8 Å². The summed E-state index contributed by atoms with van der Waals surface area (Å²) in [7, 11) is 3.51. The molecular weight excluding hydrogens is 262 g/mol. The Labute approximate surface area is 117 Å². The number of carbonyl (C=O) groups excluding carboxylic acids is 1. The summed E-state index contributed by atoms with van der Waals surface area (Å²) in [6.45, 7) is 2.69. The molecule has 0 bridgehead atoms. The molecule has 6 nitrogen and oxygen atoms in total. The summed E-state index contributed by atoms with van der Waals surface area (Å²) in [4.78, 5) is 14.3. The van der Waals surface area contributed by atoms with E-state index in [9.17, 15) is 4.79 Å². The van der Waals surface area contributed by atoms with E-state index in [0.717, 1.165) is 36.5 Å². The number of hydrogen-bond acceptors (Lipinski definition) is 4. The van der Waals surface area contributed by atoms with Crippen molar-refractivity contribution in [2.45, 2.75) is 25.8 Å². The van der Waals surface area contributed by atoms with Crippen LogP contribution >= 0.6 is 12.2 Å². The van der Waals surface area contributed by atoms with E-state index in [4.69, 9.17) is 18.0 Å². The van der Waals surface area contributed by atoms with Crippen molar-refractivity contribution in [3.63, 3.8) is 0 Å². The van der Waals surface area contributed by atoms with Crippen molar-refractivity contribution in [1.82, 2.24) is 15.1 Å². The van der Waals surface area contributed by atoms with Crippen molar-refractivity contribution in [2.24, 2.45) is 12.8 Å². The third-order valence-corrected chi connectivity index (χ3v) is 3.72. The Balaban J connectivity index is 2.46. The summed E-state index contributed by atoms with van der Waals surface area (Å²) in [5.74, 6) is 0.862. The van der Waals surface area contributed by atoms with E-state index in [1.807, 2.05) is 18.9 Å². The molecule has 2 heterocycles. The number of rotatable bonds is 3. The van der Waals surface area contributed by atoms with Crippen LogP contribution in [-0.2, 0) is 11.8 Å². The fourth-order valence-corrected chi connectivity index (χ4v) is 2.96. The number of anilines is 1. The standard InChI is InChI=1S/C12H19N5OS/c1-7-9(10(13)19)12(16(3)15-7)17-6-4-5-8(17)11(18)14-2/h8H,4-6H2,1-3H3,(H2,13,19)(H,14,18). The monoisotopic (exact) mass is 281 g/mol. The van der Waals surface area contributed by atoms with E-state index in [2.05, 4.69) is 10.4 Å². The van der Waals surface area contributed by atoms with Crippen LogP contribution in [0.15, 0.2) is 0 Å². The first kappa shape index (κ1) is 13.8. The minimum absolute atomic E-state index is 0.0187. The lowest BCUT2D eigenvalue weighted by atomic mass is 10.2. The maximum absolute atomic E-state index is 12.0. The van der Waals surface area contributed by atoms with Gasteiger partial charge in [-0.15, -0.1) is 0 Å². The molecule has 0 aliphatic carbocycles. The van der Waals surface area contributed by atoms with Crippen LogP contribution in [-0.4, -0.2) is 40.3 Å². The van der Waals surface area contributed by atoms with E-state index in [1.165, 1.54) is 0 Å². The van der Waals surface area contributed by atoms with Crippen LogP contribution in [0.1, 0.15) is 24.1 Å². The summed E-state index contributed by atoms with van der Waals surface area (Å²) >= 11 is 5.12. The zero-order chi connectivity index (χ0) is 14.2. The molecule has 1 aliphatic heterocycles. The van der Waals surface area contributed by atoms with Gasteiger partial charge in [-0.05, 0) is 19.8 Å². The van der Waals surface area contributed by atoms with Crippen LogP contribution < -0.4 is 16.0 Å². The molecule has 104 valence electrons. The maximum atomic E-state index is 12.0. The molecule has 0 saturated carbocycles. The molecule has 1 aliphatic rings. The van der Waals surface area contributed by atoms with Crippen molar-refractivity contribution in [2.75, 3.05) is 18.5 Å². The quantitative estimate of drug-likeness (QED) is 0.767. The van der Waals surface area contributed by atoms with Gasteiger partial charge in [-0.3, -0.25) is 9.48 Å². The zero-order valence-corrected chi connectivity index (χ0v) is 12.3. The van der Waals surface area contributed by atoms with Gasteiger partial charge in [0.15, 0.2) is 0 Å². The molecule has 2 rings (SSSR count). The summed E-state index contributed by atoms with van der Waals surface area (Å²) < 4.78 is 1.76. The average Bonchev–Trinajstić information content (AvgIpc) is 2.91. The van der Waals surface area contributed by atoms with Crippen LogP contribution in [0.2, 0.25) is 0 Å². The smallest absolute Gasteiger partial charge is 0.242 e. The van der Waals surface area contributed by atoms with Gasteiger partial charge in [0, 0.05) is 20.6 Å². The van der Waals surface area contributed by atoms with Crippen LogP contribution in [0.5, 0.6) is 0 Å². The van der Waals surface area contributed by atoms with Gasteiger partial charge in [-0.2, -0.15) is 5.10 Å². The SMILES string of the molecule is CNC(=O)C1CCCN1c1c(C(N)=S)c(C)nn1C. The predicted octanol–water partition coefficient (Wildman–Crippen LogP) is 0.0775. The topological polar surface area (TPSA) is 76.2 Å². The van der Waals surface area contributed by atoms with Crippen molar-refractivity contribution >= 4 is 28.9 Å². The molecule has 1 aromatic heterocycles. The van der Waals surface area contributed by atoms with Crippen molar-refractivity contribution in [1.29, 1.82) is 0 Å². The maximum Gasteiger partial charge on any atom is 0.242 e. The first-order valence-electron chi connectivity index (χ1n) is 6.29. The number of aryl methyl sites for hydroxylation is 2. The number of likely N-dealkylation sites (N-methyl/N-ethyl adjacent to an activating group) is 1. The molecule has 1 saturated heterocycles. The van der Waals surface area contributed by atoms with E-state index < -0.39 is 0 Å². The molecule has 3 N–H and O–H groups in total. The number of nitrogens with two attached hydrogens (primary N) is 1. The Morgan fingerprint density at radius 3 is 2.84 bits per heavy atom. The number of nitrogens with zero attached hydrogens (tertiary/aromatic N) is 3. The van der Waals surface area contributed by atoms with Gasteiger partial charge in [-0.25, -0.2) is 0 Å². The lowest BCUT2D eigenvalue weighted by Crippen LogP contribution is -2.43. The highest BCUT2D eigenvalue weighted by molar-refractivity contribution is 7.80. The van der Waals surface area contributed by atoms with Crippen molar-refractivity contribution in [3.05, 3.63) is 11.3 Å². The van der Waals surface area contributed by atoms with Crippen LogP contribution in [0.4, 0.5) is 5.82 Å². The van der Waals surface area contributed by atoms with E-state index in [-0.39, 0.29) is 11.9 Å². The number of carbonyl (C=O) groups is 1. The Kier molecular flexibility index (Phi) is 3.75. The number of nitrogens with one attached hydrogen (secondary N) is 1. The highest BCUT2D eigenvalue weighted by Crippen LogP contribution is 2.30. The van der Waals surface area contributed by atoms with Crippen molar-refractivity contribution in [3.8, 4) is 0 Å². The molecule has 1 atom stereocenters. The molecular formula is C12H19N5OS. The third-order valence-electron chi connectivity index (χ3n) is 3.51. The average molecular weight is 281 g/mol. The minimum atomic E-state index is -0.173. The molecule has 0 aromatic carbocycles. The fraction of sp³-hybridized carbons (Fsp3) is 0.583. The van der Waals surface area contributed by atoms with Gasteiger partial charge in [0.05, 0.1) is 11.3 Å². The normalized spacial score (nSPS) is 18.7. The third kappa shape index (κ3) is 2.30. The summed E-state index contributed by atoms with van der Waals surface area (Å²) in [6.07, 6.45) is 1.81. The molecule has 1 unspecified atom stereocenters. The number of amides is 1. The highest BCUT2D eigenvalue weighted by Gasteiger charge is 2.34. The zero-order valence-electron chi connectivity index (χ0n) is 11.4. The Morgan fingerprint density at radius 1 is 1.58 bits per heavy atom. The fourth-order valence-electron chi connectivity index (χ4n) is 2.72. The van der Waals surface area contributed by atoms with Gasteiger partial charge in [0.2, 0.25) is 5.91 Å². The molecule has 0 radical (unpaired) electrons. The van der Waals surface area contributed by atoms with Gasteiger partial charge in [0.25, 0.3) is 0 Å². The van der Waals surface area contributed by atoms with E-state index in [1.54, 1.807) is 11.7 Å². The first-order valence-corrected chi connectivity index (χ1v) is 6.69. The first-order chi connectivity index (χ1) is 8.97. The van der Waals surface area contributed by atoms with Crippen LogP contribution in [0.3, 0.4) is 0 Å². The summed E-state index contributed by atoms with van der Waals surface area (Å²) in [5.41, 5.74) is 7.37. The van der Waals surface area contributed by atoms with E-state index in [0.29, 0.717) is 4.99 Å². The van der Waals surface area contributed by atoms with Gasteiger partial charge in [-0.1, -0.05) is 12.2 Å². The number of thiocarbonyl (C=S) groups is 1.